The molecule has 0 atom stereocenters. The average molecular weight is 222 g/mol. The van der Waals surface area contributed by atoms with E-state index in [9.17, 15) is 4.79 Å². The van der Waals surface area contributed by atoms with Crippen molar-refractivity contribution in [1.82, 2.24) is 0 Å². The summed E-state index contributed by atoms with van der Waals surface area (Å²) in [5, 5.41) is 0. The van der Waals surface area contributed by atoms with Crippen molar-refractivity contribution in [3.05, 3.63) is 42.5 Å². The van der Waals surface area contributed by atoms with E-state index >= 15 is 0 Å². The molecule has 0 aliphatic rings. The molecule has 3 heteroatoms. The van der Waals surface area contributed by atoms with Gasteiger partial charge < -0.3 is 4.74 Å². The normalized spacial score (nSPS) is 9.67. The van der Waals surface area contributed by atoms with E-state index in [2.05, 4.69) is 6.58 Å². The smallest absolute Gasteiger partial charge is 0.316 e. The van der Waals surface area contributed by atoms with Gasteiger partial charge in [-0.1, -0.05) is 30.9 Å². The fraction of sp³-hybridized carbons (Fsp3) is 0.250. The zero-order valence-electron chi connectivity index (χ0n) is 8.73. The van der Waals surface area contributed by atoms with Crippen LogP contribution in [0.2, 0.25) is 0 Å². The molecule has 2 nitrogen and oxygen atoms in total. The summed E-state index contributed by atoms with van der Waals surface area (Å²) in [6.07, 6.45) is 1.57. The fourth-order valence-electron chi connectivity index (χ4n) is 1.05. The molecule has 0 spiro atoms. The lowest BCUT2D eigenvalue weighted by atomic mass is 10.2. The van der Waals surface area contributed by atoms with Crippen LogP contribution in [-0.4, -0.2) is 18.3 Å². The van der Waals surface area contributed by atoms with Gasteiger partial charge in [0.25, 0.3) is 0 Å². The largest absolute Gasteiger partial charge is 0.461 e. The molecule has 0 unspecified atom stereocenters. The number of carbonyl (C=O) groups is 1. The molecular formula is C12H14O2S. The standard InChI is InChI=1S/C12H14O2S/c1-3-8-14-12(13)9-15-11-7-5-4-6-10(11)2/h3-7H,1,8-9H2,2H3. The van der Waals surface area contributed by atoms with E-state index in [0.717, 1.165) is 4.90 Å². The zero-order valence-corrected chi connectivity index (χ0v) is 9.55. The summed E-state index contributed by atoms with van der Waals surface area (Å²) < 4.78 is 4.87. The van der Waals surface area contributed by atoms with Crippen molar-refractivity contribution < 1.29 is 9.53 Å². The molecule has 0 saturated carbocycles. The summed E-state index contributed by atoms with van der Waals surface area (Å²) in [7, 11) is 0. The lowest BCUT2D eigenvalue weighted by Gasteiger charge is -2.04. The molecule has 80 valence electrons. The summed E-state index contributed by atoms with van der Waals surface area (Å²) in [6, 6.07) is 7.97. The molecule has 0 N–H and O–H groups in total. The number of hydrogen-bond donors (Lipinski definition) is 0. The predicted molar refractivity (Wildman–Crippen MR) is 63.1 cm³/mol. The fourth-order valence-corrected chi connectivity index (χ4v) is 1.88. The first-order chi connectivity index (χ1) is 7.24. The van der Waals surface area contributed by atoms with Crippen LogP contribution in [0.1, 0.15) is 5.56 Å². The number of thioether (sulfide) groups is 1. The van der Waals surface area contributed by atoms with E-state index in [1.165, 1.54) is 17.3 Å². The van der Waals surface area contributed by atoms with Crippen molar-refractivity contribution in [3.63, 3.8) is 0 Å². The van der Waals surface area contributed by atoms with Crippen LogP contribution in [0.5, 0.6) is 0 Å². The number of aryl methyl sites for hydroxylation is 1. The molecule has 0 radical (unpaired) electrons. The monoisotopic (exact) mass is 222 g/mol. The molecule has 0 aliphatic heterocycles. The van der Waals surface area contributed by atoms with Crippen LogP contribution in [0.25, 0.3) is 0 Å². The van der Waals surface area contributed by atoms with Gasteiger partial charge in [0.05, 0.1) is 5.75 Å². The van der Waals surface area contributed by atoms with E-state index in [-0.39, 0.29) is 12.6 Å². The molecule has 0 heterocycles. The van der Waals surface area contributed by atoms with E-state index in [4.69, 9.17) is 4.74 Å². The molecule has 0 saturated heterocycles. The van der Waals surface area contributed by atoms with Gasteiger partial charge in [0.15, 0.2) is 0 Å². The Morgan fingerprint density at radius 3 is 2.93 bits per heavy atom. The highest BCUT2D eigenvalue weighted by atomic mass is 32.2. The highest BCUT2D eigenvalue weighted by Gasteiger charge is 2.04. The average Bonchev–Trinajstić information content (AvgIpc) is 2.25. The van der Waals surface area contributed by atoms with Crippen molar-refractivity contribution in [2.24, 2.45) is 0 Å². The maximum Gasteiger partial charge on any atom is 0.316 e. The van der Waals surface area contributed by atoms with Gasteiger partial charge in [0.2, 0.25) is 0 Å². The molecule has 1 aromatic rings. The third-order valence-corrected chi connectivity index (χ3v) is 2.95. The molecule has 15 heavy (non-hydrogen) atoms. The second kappa shape index (κ2) is 6.30. The number of esters is 1. The van der Waals surface area contributed by atoms with Crippen LogP contribution in [0.15, 0.2) is 41.8 Å². The Balaban J connectivity index is 2.40. The van der Waals surface area contributed by atoms with E-state index in [0.29, 0.717) is 5.75 Å². The Morgan fingerprint density at radius 1 is 1.53 bits per heavy atom. The van der Waals surface area contributed by atoms with Crippen molar-refractivity contribution in [2.75, 3.05) is 12.4 Å². The minimum atomic E-state index is -0.205. The molecule has 1 aromatic carbocycles. The molecule has 0 fully saturated rings. The lowest BCUT2D eigenvalue weighted by molar-refractivity contribution is -0.139. The Morgan fingerprint density at radius 2 is 2.27 bits per heavy atom. The van der Waals surface area contributed by atoms with Gasteiger partial charge in [-0.2, -0.15) is 0 Å². The van der Waals surface area contributed by atoms with Gasteiger partial charge in [-0.15, -0.1) is 11.8 Å². The molecular weight excluding hydrogens is 208 g/mol. The second-order valence-corrected chi connectivity index (χ2v) is 4.04. The third kappa shape index (κ3) is 4.21. The first kappa shape index (κ1) is 11.9. The Bertz CT molecular complexity index is 347. The summed E-state index contributed by atoms with van der Waals surface area (Å²) >= 11 is 1.50. The van der Waals surface area contributed by atoms with Crippen molar-refractivity contribution in [2.45, 2.75) is 11.8 Å². The van der Waals surface area contributed by atoms with Gasteiger partial charge >= 0.3 is 5.97 Å². The van der Waals surface area contributed by atoms with Crippen molar-refractivity contribution >= 4 is 17.7 Å². The second-order valence-electron chi connectivity index (χ2n) is 3.03. The van der Waals surface area contributed by atoms with E-state index in [1.54, 1.807) is 6.08 Å². The Hall–Kier alpha value is -1.22. The van der Waals surface area contributed by atoms with E-state index in [1.807, 2.05) is 31.2 Å². The van der Waals surface area contributed by atoms with Gasteiger partial charge in [-0.25, -0.2) is 0 Å². The Labute approximate surface area is 94.3 Å². The van der Waals surface area contributed by atoms with Crippen LogP contribution in [0, 0.1) is 6.92 Å². The number of hydrogen-bond acceptors (Lipinski definition) is 3. The van der Waals surface area contributed by atoms with Gasteiger partial charge in [-0.05, 0) is 18.6 Å². The molecule has 0 amide bonds. The van der Waals surface area contributed by atoms with Crippen LogP contribution in [0.3, 0.4) is 0 Å². The van der Waals surface area contributed by atoms with Gasteiger partial charge in [-0.3, -0.25) is 4.79 Å². The molecule has 0 aromatic heterocycles. The quantitative estimate of drug-likeness (QED) is 0.435. The highest BCUT2D eigenvalue weighted by Crippen LogP contribution is 2.21. The molecule has 0 aliphatic carbocycles. The predicted octanol–water partition coefficient (Wildman–Crippen LogP) is 2.82. The van der Waals surface area contributed by atoms with Crippen molar-refractivity contribution in [3.8, 4) is 0 Å². The molecule has 1 rings (SSSR count). The third-order valence-electron chi connectivity index (χ3n) is 1.80. The maximum atomic E-state index is 11.2. The lowest BCUT2D eigenvalue weighted by Crippen LogP contribution is -2.07. The first-order valence-corrected chi connectivity index (χ1v) is 5.67. The van der Waals surface area contributed by atoms with E-state index < -0.39 is 0 Å². The van der Waals surface area contributed by atoms with Gasteiger partial charge in [0.1, 0.15) is 6.61 Å². The zero-order chi connectivity index (χ0) is 11.1. The van der Waals surface area contributed by atoms with Crippen LogP contribution < -0.4 is 0 Å². The van der Waals surface area contributed by atoms with Crippen LogP contribution in [-0.2, 0) is 9.53 Å². The summed E-state index contributed by atoms with van der Waals surface area (Å²) in [5.41, 5.74) is 1.18. The summed E-state index contributed by atoms with van der Waals surface area (Å²) in [6.45, 7) is 5.79. The van der Waals surface area contributed by atoms with Crippen molar-refractivity contribution in [1.29, 1.82) is 0 Å². The van der Waals surface area contributed by atoms with Gasteiger partial charge in [0, 0.05) is 4.90 Å². The number of ether oxygens (including phenoxy) is 1. The molecule has 0 bridgehead atoms. The Kier molecular flexibility index (Phi) is 4.98. The SMILES string of the molecule is C=CCOC(=O)CSc1ccccc1C. The van der Waals surface area contributed by atoms with Crippen LogP contribution >= 0.6 is 11.8 Å². The number of carbonyl (C=O) groups excluding carboxylic acids is 1. The summed E-state index contributed by atoms with van der Waals surface area (Å²) in [5.74, 6) is 0.141. The van der Waals surface area contributed by atoms with Crippen LogP contribution in [0.4, 0.5) is 0 Å². The maximum absolute atomic E-state index is 11.2. The topological polar surface area (TPSA) is 26.3 Å². The minimum absolute atomic E-state index is 0.205. The first-order valence-electron chi connectivity index (χ1n) is 4.69. The minimum Gasteiger partial charge on any atom is -0.461 e. The number of rotatable bonds is 5. The highest BCUT2D eigenvalue weighted by molar-refractivity contribution is 8.00. The summed E-state index contributed by atoms with van der Waals surface area (Å²) in [4.78, 5) is 12.3. The number of benzene rings is 1.